The van der Waals surface area contributed by atoms with Crippen LogP contribution in [0.3, 0.4) is 0 Å². The smallest absolute Gasteiger partial charge is 0.262 e. The first-order valence-corrected chi connectivity index (χ1v) is 6.09. The number of ether oxygens (including phenoxy) is 1. The average molecular weight is 264 g/mol. The van der Waals surface area contributed by atoms with E-state index >= 15 is 0 Å². The normalized spacial score (nSPS) is 10.1. The summed E-state index contributed by atoms with van der Waals surface area (Å²) in [6.07, 6.45) is 1.47. The van der Waals surface area contributed by atoms with E-state index in [1.54, 1.807) is 18.2 Å². The minimum atomic E-state index is -0.331. The van der Waals surface area contributed by atoms with Crippen molar-refractivity contribution in [1.82, 2.24) is 9.59 Å². The molecule has 1 aromatic heterocycles. The van der Waals surface area contributed by atoms with Gasteiger partial charge < -0.3 is 15.8 Å². The quantitative estimate of drug-likeness (QED) is 0.821. The van der Waals surface area contributed by atoms with E-state index in [4.69, 9.17) is 10.5 Å². The van der Waals surface area contributed by atoms with Gasteiger partial charge in [-0.15, -0.1) is 5.10 Å². The number of rotatable bonds is 4. The lowest BCUT2D eigenvalue weighted by atomic mass is 10.1. The molecule has 6 nitrogen and oxygen atoms in total. The number of nitrogens with zero attached hydrogens (tertiary/aromatic N) is 2. The average Bonchev–Trinajstić information content (AvgIpc) is 2.82. The molecule has 18 heavy (non-hydrogen) atoms. The molecular weight excluding hydrogens is 252 g/mol. The molecule has 94 valence electrons. The van der Waals surface area contributed by atoms with Gasteiger partial charge in [-0.3, -0.25) is 4.79 Å². The van der Waals surface area contributed by atoms with Crippen molar-refractivity contribution in [2.75, 3.05) is 17.7 Å². The molecule has 2 rings (SSSR count). The highest BCUT2D eigenvalue weighted by atomic mass is 32.1. The van der Waals surface area contributed by atoms with Crippen molar-refractivity contribution >= 4 is 28.1 Å². The number of anilines is 2. The molecule has 0 fully saturated rings. The molecular formula is C11H12N4O2S. The molecule has 1 aromatic carbocycles. The summed E-state index contributed by atoms with van der Waals surface area (Å²) in [5.41, 5.74) is 6.51. The molecule has 0 saturated heterocycles. The van der Waals surface area contributed by atoms with Crippen molar-refractivity contribution in [1.29, 1.82) is 0 Å². The van der Waals surface area contributed by atoms with Crippen LogP contribution >= 0.6 is 11.5 Å². The Morgan fingerprint density at radius 3 is 3.06 bits per heavy atom. The number of benzene rings is 1. The topological polar surface area (TPSA) is 90.1 Å². The second-order valence-electron chi connectivity index (χ2n) is 3.39. The zero-order valence-electron chi connectivity index (χ0n) is 9.71. The van der Waals surface area contributed by atoms with Crippen LogP contribution in [0.2, 0.25) is 0 Å². The lowest BCUT2D eigenvalue weighted by Gasteiger charge is -2.11. The third-order valence-corrected chi connectivity index (χ3v) is 2.76. The molecule has 0 spiro atoms. The molecule has 0 bridgehead atoms. The molecule has 7 heteroatoms. The van der Waals surface area contributed by atoms with E-state index in [1.165, 1.54) is 6.20 Å². The Bertz CT molecular complexity index is 542. The van der Waals surface area contributed by atoms with Crippen LogP contribution < -0.4 is 15.8 Å². The van der Waals surface area contributed by atoms with Gasteiger partial charge in [0, 0.05) is 17.2 Å². The zero-order chi connectivity index (χ0) is 13.0. The number of amides is 1. The maximum Gasteiger partial charge on any atom is 0.262 e. The summed E-state index contributed by atoms with van der Waals surface area (Å²) in [5, 5.41) is 6.87. The molecule has 2 aromatic rings. The summed E-state index contributed by atoms with van der Waals surface area (Å²) < 4.78 is 9.05. The molecule has 0 aliphatic rings. The van der Waals surface area contributed by atoms with Crippen molar-refractivity contribution in [2.45, 2.75) is 6.92 Å². The van der Waals surface area contributed by atoms with Crippen LogP contribution in [0.5, 0.6) is 5.75 Å². The first-order chi connectivity index (χ1) is 8.72. The highest BCUT2D eigenvalue weighted by Gasteiger charge is 2.16. The molecule has 0 saturated carbocycles. The first kappa shape index (κ1) is 12.3. The van der Waals surface area contributed by atoms with Gasteiger partial charge in [0.1, 0.15) is 16.3 Å². The van der Waals surface area contributed by atoms with Crippen LogP contribution in [0, 0.1) is 0 Å². The van der Waals surface area contributed by atoms with Crippen molar-refractivity contribution in [2.24, 2.45) is 0 Å². The number of nitrogen functional groups attached to an aromatic ring is 1. The van der Waals surface area contributed by atoms with Gasteiger partial charge >= 0.3 is 0 Å². The molecule has 0 aliphatic heterocycles. The first-order valence-electron chi connectivity index (χ1n) is 5.32. The Hall–Kier alpha value is -2.15. The van der Waals surface area contributed by atoms with Gasteiger partial charge in [0.25, 0.3) is 5.91 Å². The molecule has 1 heterocycles. The van der Waals surface area contributed by atoms with Crippen LogP contribution in [0.25, 0.3) is 0 Å². The summed E-state index contributed by atoms with van der Waals surface area (Å²) >= 11 is 1.10. The Morgan fingerprint density at radius 1 is 1.56 bits per heavy atom. The van der Waals surface area contributed by atoms with Crippen LogP contribution in [-0.4, -0.2) is 22.1 Å². The van der Waals surface area contributed by atoms with Gasteiger partial charge in [-0.2, -0.15) is 0 Å². The monoisotopic (exact) mass is 264 g/mol. The molecule has 3 N–H and O–H groups in total. The lowest BCUT2D eigenvalue weighted by molar-refractivity contribution is 0.102. The number of hydrogen-bond donors (Lipinski definition) is 2. The maximum atomic E-state index is 12.1. The molecule has 0 atom stereocenters. The molecule has 1 amide bonds. The van der Waals surface area contributed by atoms with Crippen LogP contribution in [0.4, 0.5) is 10.7 Å². The highest BCUT2D eigenvalue weighted by molar-refractivity contribution is 7.10. The Labute approximate surface area is 108 Å². The highest BCUT2D eigenvalue weighted by Crippen LogP contribution is 2.25. The van der Waals surface area contributed by atoms with Crippen LogP contribution in [-0.2, 0) is 0 Å². The van der Waals surface area contributed by atoms with Gasteiger partial charge in [0.15, 0.2) is 0 Å². The fourth-order valence-corrected chi connectivity index (χ4v) is 1.88. The number of carbonyl (C=O) groups excluding carboxylic acids is 1. The lowest BCUT2D eigenvalue weighted by Crippen LogP contribution is -2.15. The van der Waals surface area contributed by atoms with Gasteiger partial charge in [0.2, 0.25) is 0 Å². The van der Waals surface area contributed by atoms with Gasteiger partial charge in [-0.05, 0) is 19.1 Å². The summed E-state index contributed by atoms with van der Waals surface area (Å²) in [7, 11) is 0. The van der Waals surface area contributed by atoms with Crippen molar-refractivity contribution in [3.05, 3.63) is 30.0 Å². The van der Waals surface area contributed by atoms with E-state index in [-0.39, 0.29) is 5.91 Å². The van der Waals surface area contributed by atoms with E-state index in [2.05, 4.69) is 14.9 Å². The zero-order valence-corrected chi connectivity index (χ0v) is 10.5. The fraction of sp³-hybridized carbons (Fsp3) is 0.182. The second kappa shape index (κ2) is 5.46. The number of hydrogen-bond acceptors (Lipinski definition) is 6. The van der Waals surface area contributed by atoms with Crippen molar-refractivity contribution in [3.63, 3.8) is 0 Å². The van der Waals surface area contributed by atoms with Crippen molar-refractivity contribution < 1.29 is 9.53 Å². The van der Waals surface area contributed by atoms with Crippen LogP contribution in [0.15, 0.2) is 24.4 Å². The number of aromatic nitrogens is 2. The third kappa shape index (κ3) is 2.57. The molecule has 0 unspecified atom stereocenters. The van der Waals surface area contributed by atoms with Gasteiger partial charge in [-0.1, -0.05) is 10.6 Å². The number of carbonyl (C=O) groups is 1. The predicted molar refractivity (Wildman–Crippen MR) is 69.9 cm³/mol. The fourth-order valence-electron chi connectivity index (χ4n) is 1.46. The Balaban J connectivity index is 2.28. The summed E-state index contributed by atoms with van der Waals surface area (Å²) in [5.74, 6) is 0.134. The predicted octanol–water partition coefficient (Wildman–Crippen LogP) is 1.77. The Kier molecular flexibility index (Phi) is 3.73. The summed E-state index contributed by atoms with van der Waals surface area (Å²) in [6.45, 7) is 2.31. The van der Waals surface area contributed by atoms with E-state index in [0.29, 0.717) is 28.6 Å². The minimum Gasteiger partial charge on any atom is -0.493 e. The van der Waals surface area contributed by atoms with E-state index in [0.717, 1.165) is 11.5 Å². The summed E-state index contributed by atoms with van der Waals surface area (Å²) in [4.78, 5) is 12.1. The Morgan fingerprint density at radius 2 is 2.39 bits per heavy atom. The van der Waals surface area contributed by atoms with E-state index < -0.39 is 0 Å². The number of nitrogens with one attached hydrogen (secondary N) is 1. The molecule has 0 radical (unpaired) electrons. The third-order valence-electron chi connectivity index (χ3n) is 2.18. The van der Waals surface area contributed by atoms with E-state index in [9.17, 15) is 4.79 Å². The second-order valence-corrected chi connectivity index (χ2v) is 4.17. The van der Waals surface area contributed by atoms with Crippen molar-refractivity contribution in [3.8, 4) is 5.75 Å². The maximum absolute atomic E-state index is 12.1. The standard InChI is InChI=1S/C11H12N4O2S/c1-2-17-8-5-3-4-7(12)10(8)11(16)14-9-6-13-15-18-9/h3-6H,2,12H2,1H3,(H,14,16). The van der Waals surface area contributed by atoms with Gasteiger partial charge in [0.05, 0.1) is 12.8 Å². The van der Waals surface area contributed by atoms with Gasteiger partial charge in [-0.25, -0.2) is 0 Å². The molecule has 0 aliphatic carbocycles. The van der Waals surface area contributed by atoms with Crippen LogP contribution in [0.1, 0.15) is 17.3 Å². The summed E-state index contributed by atoms with van der Waals surface area (Å²) in [6, 6.07) is 5.10. The SMILES string of the molecule is CCOc1cccc(N)c1C(=O)Nc1cnns1. The largest absolute Gasteiger partial charge is 0.493 e. The minimum absolute atomic E-state index is 0.327. The number of nitrogens with two attached hydrogens (primary N) is 1. The van der Waals surface area contributed by atoms with E-state index in [1.807, 2.05) is 6.92 Å².